The third-order valence-electron chi connectivity index (χ3n) is 3.78. The van der Waals surface area contributed by atoms with Crippen LogP contribution in [0, 0.1) is 0 Å². The molecule has 0 bridgehead atoms. The van der Waals surface area contributed by atoms with Crippen molar-refractivity contribution in [1.29, 1.82) is 0 Å². The third kappa shape index (κ3) is 4.68. The Labute approximate surface area is 160 Å². The molecule has 8 nitrogen and oxygen atoms in total. The van der Waals surface area contributed by atoms with E-state index in [-0.39, 0.29) is 11.6 Å². The summed E-state index contributed by atoms with van der Waals surface area (Å²) >= 11 is 5.96. The second-order valence-electron chi connectivity index (χ2n) is 5.69. The van der Waals surface area contributed by atoms with Crippen molar-refractivity contribution in [3.05, 3.63) is 71.0 Å². The van der Waals surface area contributed by atoms with Crippen LogP contribution in [0.3, 0.4) is 0 Å². The fourth-order valence-electron chi connectivity index (χ4n) is 2.47. The van der Waals surface area contributed by atoms with Crippen LogP contribution in [0.1, 0.15) is 28.9 Å². The zero-order chi connectivity index (χ0) is 19.2. The molecule has 0 spiro atoms. The number of carbonyl (C=O) groups is 2. The number of benzene rings is 2. The van der Waals surface area contributed by atoms with Gasteiger partial charge in [0.2, 0.25) is 0 Å². The van der Waals surface area contributed by atoms with Gasteiger partial charge in [-0.2, -0.15) is 4.68 Å². The maximum Gasteiger partial charge on any atom is 0.340 e. The van der Waals surface area contributed by atoms with E-state index in [0.717, 1.165) is 5.56 Å². The number of carbonyl (C=O) groups excluding carboxylic acids is 2. The molecule has 0 aliphatic heterocycles. The SMILES string of the molecule is C[C@@H](NC(=O)COC(=O)c1ccccc1-n1cnnn1)c1cccc(Cl)c1. The minimum absolute atomic E-state index is 0.250. The van der Waals surface area contributed by atoms with Crippen LogP contribution in [-0.4, -0.2) is 38.7 Å². The van der Waals surface area contributed by atoms with Gasteiger partial charge in [-0.25, -0.2) is 4.79 Å². The first-order valence-electron chi connectivity index (χ1n) is 8.09. The Morgan fingerprint density at radius 2 is 2.04 bits per heavy atom. The molecular formula is C18H16ClN5O3. The van der Waals surface area contributed by atoms with Gasteiger partial charge in [0.05, 0.1) is 17.3 Å². The van der Waals surface area contributed by atoms with Crippen LogP contribution in [0.4, 0.5) is 0 Å². The van der Waals surface area contributed by atoms with E-state index < -0.39 is 18.5 Å². The first-order valence-corrected chi connectivity index (χ1v) is 8.46. The summed E-state index contributed by atoms with van der Waals surface area (Å²) in [7, 11) is 0. The molecule has 0 aliphatic rings. The van der Waals surface area contributed by atoms with E-state index in [2.05, 4.69) is 20.8 Å². The van der Waals surface area contributed by atoms with Crippen molar-refractivity contribution >= 4 is 23.5 Å². The molecule has 1 heterocycles. The predicted molar refractivity (Wildman–Crippen MR) is 97.4 cm³/mol. The standard InChI is InChI=1S/C18H16ClN5O3/c1-12(13-5-4-6-14(19)9-13)21-17(25)10-27-18(26)15-7-2-3-8-16(15)24-11-20-22-23-24/h2-9,11-12H,10H2,1H3,(H,21,25)/t12-/m1/s1. The topological polar surface area (TPSA) is 99.0 Å². The Morgan fingerprint density at radius 1 is 1.22 bits per heavy atom. The number of nitrogens with zero attached hydrogens (tertiary/aromatic N) is 4. The molecule has 138 valence electrons. The van der Waals surface area contributed by atoms with Crippen LogP contribution in [-0.2, 0) is 9.53 Å². The predicted octanol–water partition coefficient (Wildman–Crippen LogP) is 2.35. The van der Waals surface area contributed by atoms with E-state index in [1.165, 1.54) is 11.0 Å². The van der Waals surface area contributed by atoms with Gasteiger partial charge in [-0.15, -0.1) is 5.10 Å². The molecule has 0 radical (unpaired) electrons. The van der Waals surface area contributed by atoms with E-state index in [9.17, 15) is 9.59 Å². The quantitative estimate of drug-likeness (QED) is 0.654. The minimum atomic E-state index is -0.647. The lowest BCUT2D eigenvalue weighted by atomic mass is 10.1. The number of nitrogens with one attached hydrogen (secondary N) is 1. The molecule has 0 fully saturated rings. The molecular weight excluding hydrogens is 370 g/mol. The molecule has 1 N–H and O–H groups in total. The van der Waals surface area contributed by atoms with E-state index in [1.807, 2.05) is 13.0 Å². The molecule has 0 aliphatic carbocycles. The molecule has 1 amide bonds. The second-order valence-corrected chi connectivity index (χ2v) is 6.13. The highest BCUT2D eigenvalue weighted by Crippen LogP contribution is 2.17. The van der Waals surface area contributed by atoms with E-state index in [0.29, 0.717) is 10.7 Å². The number of halogens is 1. The van der Waals surface area contributed by atoms with E-state index >= 15 is 0 Å². The molecule has 0 saturated heterocycles. The largest absolute Gasteiger partial charge is 0.452 e. The molecule has 1 atom stereocenters. The molecule has 9 heteroatoms. The number of para-hydroxylation sites is 1. The monoisotopic (exact) mass is 385 g/mol. The van der Waals surface area contributed by atoms with E-state index in [1.54, 1.807) is 42.5 Å². The maximum atomic E-state index is 12.4. The lowest BCUT2D eigenvalue weighted by Crippen LogP contribution is -2.31. The van der Waals surface area contributed by atoms with Crippen LogP contribution < -0.4 is 5.32 Å². The van der Waals surface area contributed by atoms with E-state index in [4.69, 9.17) is 16.3 Å². The zero-order valence-corrected chi connectivity index (χ0v) is 15.1. The Bertz CT molecular complexity index is 946. The highest BCUT2D eigenvalue weighted by Gasteiger charge is 2.17. The van der Waals surface area contributed by atoms with Gasteiger partial charge in [0, 0.05) is 5.02 Å². The van der Waals surface area contributed by atoms with Crippen molar-refractivity contribution in [1.82, 2.24) is 25.5 Å². The van der Waals surface area contributed by atoms with Crippen LogP contribution in [0.5, 0.6) is 0 Å². The summed E-state index contributed by atoms with van der Waals surface area (Å²) in [5, 5.41) is 14.2. The van der Waals surface area contributed by atoms with Gasteiger partial charge in [-0.1, -0.05) is 35.9 Å². The fourth-order valence-corrected chi connectivity index (χ4v) is 2.67. The zero-order valence-electron chi connectivity index (χ0n) is 14.4. The van der Waals surface area contributed by atoms with Crippen LogP contribution in [0.25, 0.3) is 5.69 Å². The smallest absolute Gasteiger partial charge is 0.340 e. The molecule has 0 unspecified atom stereocenters. The Balaban J connectivity index is 1.60. The molecule has 1 aromatic heterocycles. The Morgan fingerprint density at radius 3 is 2.78 bits per heavy atom. The average Bonchev–Trinajstić information content (AvgIpc) is 3.20. The summed E-state index contributed by atoms with van der Waals surface area (Å²) < 4.78 is 6.48. The fraction of sp³-hybridized carbons (Fsp3) is 0.167. The summed E-state index contributed by atoms with van der Waals surface area (Å²) in [6.07, 6.45) is 1.37. The number of hydrogen-bond donors (Lipinski definition) is 1. The van der Waals surface area contributed by atoms with Crippen molar-refractivity contribution in [2.75, 3.05) is 6.61 Å². The normalized spacial score (nSPS) is 11.6. The summed E-state index contributed by atoms with van der Waals surface area (Å²) in [5.41, 5.74) is 1.56. The van der Waals surface area contributed by atoms with Crippen molar-refractivity contribution in [2.24, 2.45) is 0 Å². The van der Waals surface area contributed by atoms with Crippen molar-refractivity contribution in [3.63, 3.8) is 0 Å². The van der Waals surface area contributed by atoms with Gasteiger partial charge in [0.25, 0.3) is 5.91 Å². The summed E-state index contributed by atoms with van der Waals surface area (Å²) in [6, 6.07) is 13.6. The number of hydrogen-bond acceptors (Lipinski definition) is 6. The van der Waals surface area contributed by atoms with Gasteiger partial charge in [-0.3, -0.25) is 4.79 Å². The van der Waals surface area contributed by atoms with Crippen molar-refractivity contribution in [3.8, 4) is 5.69 Å². The van der Waals surface area contributed by atoms with Gasteiger partial charge in [0.1, 0.15) is 6.33 Å². The molecule has 3 rings (SSSR count). The number of aromatic nitrogens is 4. The highest BCUT2D eigenvalue weighted by molar-refractivity contribution is 6.30. The minimum Gasteiger partial charge on any atom is -0.452 e. The van der Waals surface area contributed by atoms with Gasteiger partial charge < -0.3 is 10.1 Å². The average molecular weight is 386 g/mol. The highest BCUT2D eigenvalue weighted by atomic mass is 35.5. The van der Waals surface area contributed by atoms with Crippen molar-refractivity contribution in [2.45, 2.75) is 13.0 Å². The number of amides is 1. The Hall–Kier alpha value is -3.26. The number of ether oxygens (including phenoxy) is 1. The van der Waals surface area contributed by atoms with Crippen LogP contribution in [0.2, 0.25) is 5.02 Å². The maximum absolute atomic E-state index is 12.4. The first kappa shape index (κ1) is 18.5. The van der Waals surface area contributed by atoms with Crippen LogP contribution >= 0.6 is 11.6 Å². The number of tetrazole rings is 1. The Kier molecular flexibility index (Phi) is 5.77. The summed E-state index contributed by atoms with van der Waals surface area (Å²) in [4.78, 5) is 24.5. The number of esters is 1. The lowest BCUT2D eigenvalue weighted by molar-refractivity contribution is -0.124. The number of rotatable bonds is 6. The van der Waals surface area contributed by atoms with Gasteiger partial charge in [0.15, 0.2) is 6.61 Å². The van der Waals surface area contributed by atoms with Crippen molar-refractivity contribution < 1.29 is 14.3 Å². The molecule has 27 heavy (non-hydrogen) atoms. The second kappa shape index (κ2) is 8.41. The third-order valence-corrected chi connectivity index (χ3v) is 4.02. The lowest BCUT2D eigenvalue weighted by Gasteiger charge is -2.15. The van der Waals surface area contributed by atoms with Crippen LogP contribution in [0.15, 0.2) is 54.9 Å². The first-order chi connectivity index (χ1) is 13.0. The summed E-state index contributed by atoms with van der Waals surface area (Å²) in [5.74, 6) is -1.07. The van der Waals surface area contributed by atoms with Gasteiger partial charge >= 0.3 is 5.97 Å². The summed E-state index contributed by atoms with van der Waals surface area (Å²) in [6.45, 7) is 1.41. The molecule has 3 aromatic rings. The molecule has 2 aromatic carbocycles. The van der Waals surface area contributed by atoms with Gasteiger partial charge in [-0.05, 0) is 47.2 Å². The molecule has 0 saturated carbocycles.